The van der Waals surface area contributed by atoms with Crippen LogP contribution in [0.1, 0.15) is 90.5 Å². The number of hydrogen-bond donors (Lipinski definition) is 0. The van der Waals surface area contributed by atoms with E-state index in [4.69, 9.17) is 56.8 Å². The standard InChI is InChI=1S/C45H56O20/c1-21(33-13-15-35(23(3)18-33)63-45-43(61-31(11)53)41(59-29(9)51)39(57-27(7)49)37(65-45)20-55-25(5)47)16-32-12-14-34(22(2)17-32)62-44-42(60-30(10)52)40(58-28(8)50)38(56-26(6)48)36(64-44)19-54-24(4)46/h12-15,17-18,21,36-45H,16,19-20H2,1-11H3/t21?,36-,37-,38-,39-,40+,41+,42+,43+,44+,45+/m1/s1. The van der Waals surface area contributed by atoms with E-state index >= 15 is 0 Å². The van der Waals surface area contributed by atoms with Gasteiger partial charge in [-0.15, -0.1) is 0 Å². The smallest absolute Gasteiger partial charge is 0.303 e. The second-order valence-corrected chi connectivity index (χ2v) is 15.6. The van der Waals surface area contributed by atoms with Crippen molar-refractivity contribution in [2.75, 3.05) is 13.2 Å². The van der Waals surface area contributed by atoms with E-state index in [1.54, 1.807) is 26.0 Å². The first-order valence-corrected chi connectivity index (χ1v) is 20.7. The Balaban J connectivity index is 1.56. The monoisotopic (exact) mass is 916 g/mol. The van der Waals surface area contributed by atoms with Crippen molar-refractivity contribution in [3.8, 4) is 11.5 Å². The fourth-order valence-corrected chi connectivity index (χ4v) is 7.37. The minimum absolute atomic E-state index is 0.0562. The third-order valence-corrected chi connectivity index (χ3v) is 9.93. The number of rotatable bonds is 17. The molecule has 0 radical (unpaired) electrons. The van der Waals surface area contributed by atoms with Crippen LogP contribution in [0.25, 0.3) is 0 Å². The lowest BCUT2D eigenvalue weighted by atomic mass is 9.92. The van der Waals surface area contributed by atoms with Gasteiger partial charge in [0.25, 0.3) is 0 Å². The Morgan fingerprint density at radius 3 is 1.18 bits per heavy atom. The summed E-state index contributed by atoms with van der Waals surface area (Å²) in [5, 5.41) is 0. The second kappa shape index (κ2) is 23.1. The Hall–Kier alpha value is -6.28. The summed E-state index contributed by atoms with van der Waals surface area (Å²) in [6.07, 6.45) is -12.9. The number of hydrogen-bond acceptors (Lipinski definition) is 20. The lowest BCUT2D eigenvalue weighted by Crippen LogP contribution is -2.63. The predicted octanol–water partition coefficient (Wildman–Crippen LogP) is 3.57. The number of esters is 8. The van der Waals surface area contributed by atoms with Gasteiger partial charge in [-0.25, -0.2) is 0 Å². The van der Waals surface area contributed by atoms with E-state index in [-0.39, 0.29) is 5.92 Å². The number of carbonyl (C=O) groups is 8. The number of aryl methyl sites for hydroxylation is 2. The molecular formula is C45H56O20. The van der Waals surface area contributed by atoms with Crippen LogP contribution < -0.4 is 9.47 Å². The Bertz CT molecular complexity index is 2080. The average molecular weight is 917 g/mol. The molecule has 0 aliphatic carbocycles. The lowest BCUT2D eigenvalue weighted by molar-refractivity contribution is -0.288. The summed E-state index contributed by atoms with van der Waals surface area (Å²) in [6.45, 7) is 13.9. The van der Waals surface area contributed by atoms with E-state index in [2.05, 4.69) is 0 Å². The van der Waals surface area contributed by atoms with Crippen molar-refractivity contribution in [3.05, 3.63) is 58.7 Å². The Labute approximate surface area is 375 Å². The third-order valence-electron chi connectivity index (χ3n) is 9.93. The van der Waals surface area contributed by atoms with Gasteiger partial charge in [0.15, 0.2) is 24.4 Å². The Kier molecular flexibility index (Phi) is 18.2. The van der Waals surface area contributed by atoms with Crippen LogP contribution in [0.15, 0.2) is 36.4 Å². The number of benzene rings is 2. The molecule has 2 aromatic carbocycles. The van der Waals surface area contributed by atoms with Crippen molar-refractivity contribution >= 4 is 47.8 Å². The first kappa shape index (κ1) is 51.4. The molecule has 2 aliphatic heterocycles. The van der Waals surface area contributed by atoms with Crippen LogP contribution in [0.5, 0.6) is 11.5 Å². The molecule has 20 heteroatoms. The van der Waals surface area contributed by atoms with E-state index in [1.807, 2.05) is 31.2 Å². The zero-order chi connectivity index (χ0) is 48.3. The summed E-state index contributed by atoms with van der Waals surface area (Å²) in [5.74, 6) is -5.30. The summed E-state index contributed by atoms with van der Waals surface area (Å²) < 4.78 is 68.0. The van der Waals surface area contributed by atoms with Gasteiger partial charge < -0.3 is 56.8 Å². The highest BCUT2D eigenvalue weighted by Crippen LogP contribution is 2.35. The fraction of sp³-hybridized carbons (Fsp3) is 0.556. The molecule has 0 aromatic heterocycles. The van der Waals surface area contributed by atoms with Crippen LogP contribution in [-0.2, 0) is 92.1 Å². The largest absolute Gasteiger partial charge is 0.463 e. The zero-order valence-corrected chi connectivity index (χ0v) is 38.1. The molecule has 0 saturated carbocycles. The molecule has 2 fully saturated rings. The van der Waals surface area contributed by atoms with E-state index in [0.29, 0.717) is 29.0 Å². The molecule has 2 heterocycles. The molecule has 2 saturated heterocycles. The van der Waals surface area contributed by atoms with Crippen molar-refractivity contribution in [3.63, 3.8) is 0 Å². The quantitative estimate of drug-likeness (QED) is 0.163. The summed E-state index contributed by atoms with van der Waals surface area (Å²) in [4.78, 5) is 96.8. The fourth-order valence-electron chi connectivity index (χ4n) is 7.37. The molecule has 0 bridgehead atoms. The van der Waals surface area contributed by atoms with Gasteiger partial charge in [-0.05, 0) is 60.6 Å². The van der Waals surface area contributed by atoms with Gasteiger partial charge in [-0.3, -0.25) is 38.4 Å². The maximum absolute atomic E-state index is 12.3. The van der Waals surface area contributed by atoms with E-state index in [1.165, 1.54) is 13.8 Å². The molecule has 0 amide bonds. The van der Waals surface area contributed by atoms with Gasteiger partial charge in [0.2, 0.25) is 24.8 Å². The van der Waals surface area contributed by atoms with Gasteiger partial charge in [-0.2, -0.15) is 0 Å². The second-order valence-electron chi connectivity index (χ2n) is 15.6. The van der Waals surface area contributed by atoms with Crippen molar-refractivity contribution in [1.82, 2.24) is 0 Å². The SMILES string of the molecule is CC(=O)OC[C@H]1O[C@H](Oc2ccc(CC(C)c3ccc(O[C@H]4O[C@H](COC(C)=O)[C@@H](OC(C)=O)[C@H](OC(C)=O)[C@@H]4OC(C)=O)c(C)c3)cc2C)[C@@H](OC(C)=O)[C@@H](OC(C)=O)[C@@H]1OC(C)=O. The first-order valence-electron chi connectivity index (χ1n) is 20.7. The van der Waals surface area contributed by atoms with Crippen molar-refractivity contribution in [1.29, 1.82) is 0 Å². The predicted molar refractivity (Wildman–Crippen MR) is 220 cm³/mol. The summed E-state index contributed by atoms with van der Waals surface area (Å²) in [5.41, 5.74) is 3.16. The Morgan fingerprint density at radius 2 is 0.831 bits per heavy atom. The Morgan fingerprint density at radius 1 is 0.477 bits per heavy atom. The van der Waals surface area contributed by atoms with Crippen LogP contribution in [0.4, 0.5) is 0 Å². The minimum Gasteiger partial charge on any atom is -0.463 e. The molecule has 2 aromatic rings. The molecule has 0 spiro atoms. The van der Waals surface area contributed by atoms with Crippen LogP contribution in [0.2, 0.25) is 0 Å². The van der Waals surface area contributed by atoms with E-state index in [0.717, 1.165) is 52.7 Å². The van der Waals surface area contributed by atoms with Crippen molar-refractivity contribution in [2.24, 2.45) is 0 Å². The zero-order valence-electron chi connectivity index (χ0n) is 38.1. The summed E-state index contributed by atoms with van der Waals surface area (Å²) >= 11 is 0. The molecule has 11 atom stereocenters. The highest BCUT2D eigenvalue weighted by atomic mass is 16.7. The van der Waals surface area contributed by atoms with Gasteiger partial charge in [0.1, 0.15) is 36.9 Å². The maximum Gasteiger partial charge on any atom is 0.303 e. The molecule has 2 aliphatic rings. The van der Waals surface area contributed by atoms with E-state index in [9.17, 15) is 38.4 Å². The molecule has 20 nitrogen and oxygen atoms in total. The summed E-state index contributed by atoms with van der Waals surface area (Å²) in [7, 11) is 0. The van der Waals surface area contributed by atoms with E-state index < -0.39 is 122 Å². The summed E-state index contributed by atoms with van der Waals surface area (Å²) in [6, 6.07) is 10.9. The van der Waals surface area contributed by atoms with Crippen LogP contribution in [-0.4, -0.2) is 122 Å². The number of carbonyl (C=O) groups excluding carboxylic acids is 8. The highest BCUT2D eigenvalue weighted by molar-refractivity contribution is 5.70. The molecule has 1 unspecified atom stereocenters. The highest BCUT2D eigenvalue weighted by Gasteiger charge is 2.55. The first-order chi connectivity index (χ1) is 30.5. The molecular weight excluding hydrogens is 860 g/mol. The van der Waals surface area contributed by atoms with Crippen molar-refractivity contribution < 1.29 is 95.2 Å². The van der Waals surface area contributed by atoms with Gasteiger partial charge in [0.05, 0.1) is 0 Å². The van der Waals surface area contributed by atoms with Gasteiger partial charge in [0, 0.05) is 55.4 Å². The number of ether oxygens (including phenoxy) is 12. The average Bonchev–Trinajstić information content (AvgIpc) is 3.18. The van der Waals surface area contributed by atoms with Gasteiger partial charge >= 0.3 is 47.8 Å². The maximum atomic E-state index is 12.3. The molecule has 65 heavy (non-hydrogen) atoms. The minimum atomic E-state index is -1.41. The van der Waals surface area contributed by atoms with Crippen LogP contribution >= 0.6 is 0 Å². The van der Waals surface area contributed by atoms with Crippen LogP contribution in [0, 0.1) is 13.8 Å². The third kappa shape index (κ3) is 14.9. The van der Waals surface area contributed by atoms with Crippen LogP contribution in [0.3, 0.4) is 0 Å². The van der Waals surface area contributed by atoms with Gasteiger partial charge in [-0.1, -0.05) is 31.2 Å². The molecule has 4 rings (SSSR count). The van der Waals surface area contributed by atoms with Crippen molar-refractivity contribution in [2.45, 2.75) is 150 Å². The topological polar surface area (TPSA) is 247 Å². The lowest BCUT2D eigenvalue weighted by Gasteiger charge is -2.44. The molecule has 356 valence electrons. The normalized spacial score (nSPS) is 25.3. The molecule has 0 N–H and O–H groups in total.